The van der Waals surface area contributed by atoms with E-state index in [2.05, 4.69) is 290 Å². The van der Waals surface area contributed by atoms with Crippen LogP contribution in [0.15, 0.2) is 134 Å². The molecule has 8 aromatic carbocycles. The average Bonchev–Trinajstić information content (AvgIpc) is 1.45. The van der Waals surface area contributed by atoms with Gasteiger partial charge in [-0.15, -0.1) is 0 Å². The molecule has 5 aliphatic heterocycles. The maximum atomic E-state index is 13.4. The number of aryl methyl sites for hydroxylation is 5. The van der Waals surface area contributed by atoms with Gasteiger partial charge in [-0.1, -0.05) is 133 Å². The van der Waals surface area contributed by atoms with Crippen molar-refractivity contribution in [2.75, 3.05) is 102 Å². The monoisotopic (exact) mass is 1860 g/mol. The van der Waals surface area contributed by atoms with Crippen molar-refractivity contribution in [3.63, 3.8) is 0 Å². The Bertz CT molecular complexity index is 6600. The number of nitrogens with zero attached hydrogens (tertiary/aromatic N) is 8. The second-order valence-corrected chi connectivity index (χ2v) is 42.7. The molecule has 1 fully saturated rings. The summed E-state index contributed by atoms with van der Waals surface area (Å²) in [6, 6.07) is 42.8. The van der Waals surface area contributed by atoms with E-state index in [4.69, 9.17) is 47.2 Å². The van der Waals surface area contributed by atoms with Crippen molar-refractivity contribution in [1.82, 2.24) is 18.3 Å². The maximum Gasteiger partial charge on any atom is 0.512 e. The van der Waals surface area contributed by atoms with Crippen LogP contribution in [0.25, 0.3) is 94.2 Å². The van der Waals surface area contributed by atoms with E-state index in [1.54, 1.807) is 0 Å². The Labute approximate surface area is 811 Å². The van der Waals surface area contributed by atoms with E-state index < -0.39 is 77.1 Å². The highest BCUT2D eigenvalue weighted by atomic mass is 16.7. The highest BCUT2D eigenvalue weighted by Crippen LogP contribution is 2.54. The van der Waals surface area contributed by atoms with Crippen LogP contribution in [0.2, 0.25) is 0 Å². The molecule has 4 aromatic heterocycles. The van der Waals surface area contributed by atoms with Gasteiger partial charge >= 0.3 is 31.0 Å². The number of carbonyl (C=O) groups is 4. The summed E-state index contributed by atoms with van der Waals surface area (Å²) in [5.74, 6) is -1.56. The maximum absolute atomic E-state index is 13.4. The first-order valence-electron chi connectivity index (χ1n) is 48.2. The molecule has 9 heterocycles. The van der Waals surface area contributed by atoms with Gasteiger partial charge in [-0.25, -0.2) is 19.2 Å². The molecule has 1 saturated heterocycles. The van der Waals surface area contributed by atoms with Crippen LogP contribution in [0, 0.1) is 55.4 Å². The molecule has 23 heteroatoms. The minimum absolute atomic E-state index is 0.374. The largest absolute Gasteiger partial charge is 0.512 e. The second kappa shape index (κ2) is 38.7. The Hall–Kier alpha value is -11.4. The molecule has 4 atom stereocenters. The van der Waals surface area contributed by atoms with Crippen molar-refractivity contribution in [2.45, 2.75) is 264 Å². The van der Waals surface area contributed by atoms with Gasteiger partial charge in [0.1, 0.15) is 0 Å². The number of carbonyl (C=O) groups excluding carboxylic acids is 4. The zero-order chi connectivity index (χ0) is 100. The summed E-state index contributed by atoms with van der Waals surface area (Å²) in [6.45, 7) is 62.1. The molecular weight excluding hydrogens is 1720 g/mol. The molecule has 0 radical (unpaired) electrons. The van der Waals surface area contributed by atoms with Gasteiger partial charge < -0.3 is 85.1 Å². The lowest BCUT2D eigenvalue weighted by Crippen LogP contribution is -2.42. The van der Waals surface area contributed by atoms with Crippen LogP contribution in [-0.2, 0) is 99.0 Å². The van der Waals surface area contributed by atoms with Gasteiger partial charge in [0, 0.05) is 148 Å². The molecule has 0 bridgehead atoms. The number of methoxy groups -OCH3 is 4. The topological polar surface area (TPSA) is 193 Å². The zero-order valence-electron chi connectivity index (χ0n) is 87.5. The van der Waals surface area contributed by atoms with Gasteiger partial charge in [0.05, 0.1) is 107 Å². The van der Waals surface area contributed by atoms with Gasteiger partial charge in [-0.05, 0) is 270 Å². The Balaban J connectivity index is 0.000000147. The molecule has 0 saturated carbocycles. The Morgan fingerprint density at radius 1 is 0.380 bits per heavy atom. The number of aromatic nitrogens is 4. The van der Waals surface area contributed by atoms with Crippen LogP contribution < -0.4 is 25.2 Å². The van der Waals surface area contributed by atoms with E-state index in [-0.39, 0.29) is 11.9 Å². The first kappa shape index (κ1) is 101. The lowest BCUT2D eigenvalue weighted by Gasteiger charge is -2.34. The average molecular weight is 1860 g/mol. The van der Waals surface area contributed by atoms with Crippen LogP contribution in [-0.4, -0.2) is 166 Å². The summed E-state index contributed by atoms with van der Waals surface area (Å²) < 4.78 is 69.3. The molecule has 0 unspecified atom stereocenters. The van der Waals surface area contributed by atoms with E-state index in [9.17, 15) is 19.2 Å². The van der Waals surface area contributed by atoms with Crippen molar-refractivity contribution >= 4 is 109 Å². The number of rotatable bonds is 19. The van der Waals surface area contributed by atoms with Crippen molar-refractivity contribution in [1.29, 1.82) is 0 Å². The molecule has 17 rings (SSSR count). The normalized spacial score (nSPS) is 15.8. The lowest BCUT2D eigenvalue weighted by molar-refractivity contribution is -0.164. The molecular formula is C114H145BN8O14. The quantitative estimate of drug-likeness (QED) is 0.0421. The fraction of sp³-hybridized carbons (Fsp3) is 0.456. The highest BCUT2D eigenvalue weighted by Gasteiger charge is 2.54. The SMILES string of the molecule is C=Cc1cc2c(-c3ccc(C)cc3)c([C@H](OC(C)(C)C)C(=O)OC)c(C)c3c2n1CCN3C.CCc1cc2c(-c3ccc(C)cc3)c([C@H](OC(C)(C)C)C(=O)OC)c(C)c3c2n1CCN3C.COC(=O)[C@@H](OC(C)(C)C)c1c(C)c2c3c(cc(B4OC(C)(C)C(C)(C)O4)n3CCN2C)c1-c1ccc(C)cc1.COC(=O)[C@@H](OC(C)(C)C)c1c(C)c2c3c(ccn3CCN2C)c1-c1ccc(C)cc1. The first-order valence-corrected chi connectivity index (χ1v) is 48.2. The highest BCUT2D eigenvalue weighted by molar-refractivity contribution is 6.62. The van der Waals surface area contributed by atoms with Gasteiger partial charge in [0.2, 0.25) is 0 Å². The minimum atomic E-state index is -0.902. The smallest absolute Gasteiger partial charge is 0.467 e. The molecule has 0 N–H and O–H groups in total. The van der Waals surface area contributed by atoms with Crippen LogP contribution >= 0.6 is 0 Å². The van der Waals surface area contributed by atoms with Crippen LogP contribution in [0.3, 0.4) is 0 Å². The van der Waals surface area contributed by atoms with Crippen molar-refractivity contribution in [3.8, 4) is 44.5 Å². The predicted octanol–water partition coefficient (Wildman–Crippen LogP) is 23.1. The number of esters is 4. The lowest BCUT2D eigenvalue weighted by atomic mass is 9.83. The summed E-state index contributed by atoms with van der Waals surface area (Å²) in [5.41, 5.74) is 30.4. The Morgan fingerprint density at radius 3 is 0.971 bits per heavy atom. The number of likely N-dealkylation sites (N-methyl/N-ethyl adjacent to an activating group) is 4. The fourth-order valence-corrected chi connectivity index (χ4v) is 20.6. The van der Waals surface area contributed by atoms with Gasteiger partial charge in [0.15, 0.2) is 24.4 Å². The van der Waals surface area contributed by atoms with E-state index >= 15 is 0 Å². The minimum Gasteiger partial charge on any atom is -0.467 e. The van der Waals surface area contributed by atoms with Crippen LogP contribution in [0.4, 0.5) is 22.7 Å². The molecule has 5 aliphatic rings. The van der Waals surface area contributed by atoms with Crippen molar-refractivity contribution in [3.05, 3.63) is 212 Å². The standard InChI is InChI=1S/C32H43BN2O5.C28H36N2O3.C28H34N2O3.C26H32N2O3/c1-19-12-14-21(15-13-19)25-22-18-23(33-39-31(6,7)32(8,9)40-33)35-17-16-34(10)26(27(22)35)20(2)24(25)28(29(36)37-11)38-30(3,4)5;2*1-9-20-16-21-23(19-12-10-17(2)11-13-19)22(26(27(31)32-8)33-28(4,5)6)18(3)24-25(21)30(20)15-14-29(24)7;1-16-8-10-18(11-9-16)21-19-12-13-28-15-14-27(6)22(23(19)28)17(2)20(21)24(25(29)30-7)31-26(3,4)5/h12-15,18,28H,16-17H2,1-11H3;10-13,16,26H,9,14-15H2,1-8H3;9-13,16,26H,1,14-15H2,2-8H3;8-13,24H,14-15H2,1-7H3/t28-;2*26-;24-/m0000/s1. The third kappa shape index (κ3) is 19.7. The van der Waals surface area contributed by atoms with Gasteiger partial charge in [-0.3, -0.25) is 0 Å². The molecule has 0 amide bonds. The predicted molar refractivity (Wildman–Crippen MR) is 558 cm³/mol. The van der Waals surface area contributed by atoms with Crippen molar-refractivity contribution in [2.24, 2.45) is 0 Å². The molecule has 22 nitrogen and oxygen atoms in total. The number of anilines is 4. The first-order chi connectivity index (χ1) is 64.3. The summed E-state index contributed by atoms with van der Waals surface area (Å²) in [4.78, 5) is 62.0. The van der Waals surface area contributed by atoms with E-state index in [1.165, 1.54) is 84.0 Å². The number of hydrogen-bond donors (Lipinski definition) is 0. The summed E-state index contributed by atoms with van der Waals surface area (Å²) >= 11 is 0. The van der Waals surface area contributed by atoms with E-state index in [0.29, 0.717) is 0 Å². The molecule has 12 aromatic rings. The van der Waals surface area contributed by atoms with Crippen LogP contribution in [0.1, 0.15) is 220 Å². The fourth-order valence-electron chi connectivity index (χ4n) is 20.6. The summed E-state index contributed by atoms with van der Waals surface area (Å²) in [5, 5.41) is 4.45. The molecule has 0 aliphatic carbocycles. The van der Waals surface area contributed by atoms with Gasteiger partial charge in [-0.2, -0.15) is 0 Å². The second-order valence-electron chi connectivity index (χ2n) is 42.7. The molecule has 0 spiro atoms. The number of hydrogen-bond acceptors (Lipinski definition) is 18. The molecule has 728 valence electrons. The summed E-state index contributed by atoms with van der Waals surface area (Å²) in [6.07, 6.45) is 1.63. The number of ether oxygens (including phenoxy) is 8. The van der Waals surface area contributed by atoms with Crippen molar-refractivity contribution < 1.29 is 66.4 Å². The number of benzene rings is 8. The van der Waals surface area contributed by atoms with E-state index in [1.807, 2.05) is 89.2 Å². The molecule has 137 heavy (non-hydrogen) atoms. The third-order valence-corrected chi connectivity index (χ3v) is 27.7. The third-order valence-electron chi connectivity index (χ3n) is 27.7. The summed E-state index contributed by atoms with van der Waals surface area (Å²) in [7, 11) is 13.7. The van der Waals surface area contributed by atoms with E-state index in [0.717, 1.165) is 198 Å². The van der Waals surface area contributed by atoms with Crippen LogP contribution in [0.5, 0.6) is 0 Å². The Morgan fingerprint density at radius 2 is 0.657 bits per heavy atom. The van der Waals surface area contributed by atoms with Gasteiger partial charge in [0.25, 0.3) is 0 Å². The Kier molecular flexibility index (Phi) is 28.7. The zero-order valence-corrected chi connectivity index (χ0v) is 87.5.